The van der Waals surface area contributed by atoms with Crippen molar-refractivity contribution in [2.45, 2.75) is 70.6 Å². The fourth-order valence-electron chi connectivity index (χ4n) is 3.11. The lowest BCUT2D eigenvalue weighted by atomic mass is 9.68. The first-order chi connectivity index (χ1) is 7.75. The molecule has 0 radical (unpaired) electrons. The van der Waals surface area contributed by atoms with E-state index in [4.69, 9.17) is 0 Å². The number of hydrogen-bond acceptors (Lipinski definition) is 1. The van der Waals surface area contributed by atoms with Gasteiger partial charge in [-0.3, -0.25) is 0 Å². The third-order valence-corrected chi connectivity index (χ3v) is 3.94. The van der Waals surface area contributed by atoms with Crippen molar-refractivity contribution in [3.05, 3.63) is 0 Å². The van der Waals surface area contributed by atoms with Crippen LogP contribution in [-0.4, -0.2) is 16.9 Å². The lowest BCUT2D eigenvalue weighted by molar-refractivity contribution is -0.141. The van der Waals surface area contributed by atoms with Gasteiger partial charge in [0.15, 0.2) is 0 Å². The molecule has 0 amide bonds. The van der Waals surface area contributed by atoms with Gasteiger partial charge < -0.3 is 5.11 Å². The predicted octanol–water partition coefficient (Wildman–Crippen LogP) is 4.30. The van der Waals surface area contributed by atoms with Crippen LogP contribution in [0.1, 0.15) is 58.8 Å². The molecular formula is C13H23F3O. The van der Waals surface area contributed by atoms with Crippen molar-refractivity contribution in [2.24, 2.45) is 11.8 Å². The van der Waals surface area contributed by atoms with Gasteiger partial charge in [-0.05, 0) is 37.5 Å². The molecule has 17 heavy (non-hydrogen) atoms. The molecule has 1 N–H and O–H groups in total. The van der Waals surface area contributed by atoms with Crippen molar-refractivity contribution in [1.29, 1.82) is 0 Å². The summed E-state index contributed by atoms with van der Waals surface area (Å²) in [5.74, 6) is 0.496. The monoisotopic (exact) mass is 252 g/mol. The van der Waals surface area contributed by atoms with Crippen LogP contribution in [0.5, 0.6) is 0 Å². The molecule has 0 aromatic heterocycles. The highest BCUT2D eigenvalue weighted by atomic mass is 19.4. The van der Waals surface area contributed by atoms with Gasteiger partial charge >= 0.3 is 6.18 Å². The molecule has 0 aromatic carbocycles. The van der Waals surface area contributed by atoms with E-state index in [0.29, 0.717) is 12.3 Å². The fraction of sp³-hybridized carbons (Fsp3) is 1.00. The molecule has 2 atom stereocenters. The molecular weight excluding hydrogens is 229 g/mol. The summed E-state index contributed by atoms with van der Waals surface area (Å²) in [4.78, 5) is 0. The Morgan fingerprint density at radius 2 is 1.94 bits per heavy atom. The Kier molecular flexibility index (Phi) is 4.87. The molecule has 0 spiro atoms. The van der Waals surface area contributed by atoms with E-state index in [-0.39, 0.29) is 18.8 Å². The molecule has 1 fully saturated rings. The largest absolute Gasteiger partial charge is 0.390 e. The SMILES string of the molecule is CC(C)C1CCCCC1(O)CCCC(F)(F)F. The molecule has 1 nitrogen and oxygen atoms in total. The summed E-state index contributed by atoms with van der Waals surface area (Å²) in [7, 11) is 0. The lowest BCUT2D eigenvalue weighted by Gasteiger charge is -2.42. The molecule has 0 saturated heterocycles. The molecule has 102 valence electrons. The van der Waals surface area contributed by atoms with Gasteiger partial charge in [-0.1, -0.05) is 26.7 Å². The average Bonchev–Trinajstić information content (AvgIpc) is 2.15. The third kappa shape index (κ3) is 4.49. The molecule has 1 aliphatic rings. The highest BCUT2D eigenvalue weighted by Gasteiger charge is 2.40. The summed E-state index contributed by atoms with van der Waals surface area (Å²) < 4.78 is 36.3. The second-order valence-corrected chi connectivity index (χ2v) is 5.67. The third-order valence-electron chi connectivity index (χ3n) is 3.94. The van der Waals surface area contributed by atoms with Crippen molar-refractivity contribution in [1.82, 2.24) is 0 Å². The van der Waals surface area contributed by atoms with Crippen LogP contribution in [0.25, 0.3) is 0 Å². The highest BCUT2D eigenvalue weighted by Crippen LogP contribution is 2.42. The van der Waals surface area contributed by atoms with E-state index in [1.165, 1.54) is 0 Å². The smallest absolute Gasteiger partial charge is 0.389 e. The quantitative estimate of drug-likeness (QED) is 0.791. The summed E-state index contributed by atoms with van der Waals surface area (Å²) in [6.07, 6.45) is -0.916. The first-order valence-corrected chi connectivity index (χ1v) is 6.54. The van der Waals surface area contributed by atoms with E-state index >= 15 is 0 Å². The van der Waals surface area contributed by atoms with Gasteiger partial charge in [0, 0.05) is 6.42 Å². The zero-order chi connectivity index (χ0) is 13.1. The van der Waals surface area contributed by atoms with E-state index in [2.05, 4.69) is 0 Å². The molecule has 0 bridgehead atoms. The van der Waals surface area contributed by atoms with Gasteiger partial charge in [0.2, 0.25) is 0 Å². The van der Waals surface area contributed by atoms with Crippen LogP contribution >= 0.6 is 0 Å². The normalized spacial score (nSPS) is 30.9. The van der Waals surface area contributed by atoms with Crippen LogP contribution in [-0.2, 0) is 0 Å². The Labute approximate surface area is 101 Å². The molecule has 4 heteroatoms. The maximum Gasteiger partial charge on any atom is 0.389 e. The number of halogens is 3. The second-order valence-electron chi connectivity index (χ2n) is 5.67. The molecule has 0 aliphatic heterocycles. The molecule has 0 heterocycles. The molecule has 0 aromatic rings. The number of hydrogen-bond donors (Lipinski definition) is 1. The van der Waals surface area contributed by atoms with Crippen molar-refractivity contribution in [3.63, 3.8) is 0 Å². The van der Waals surface area contributed by atoms with Crippen LogP contribution < -0.4 is 0 Å². The number of alkyl halides is 3. The second kappa shape index (κ2) is 5.59. The van der Waals surface area contributed by atoms with E-state index < -0.39 is 18.2 Å². The van der Waals surface area contributed by atoms with Crippen LogP contribution in [0, 0.1) is 11.8 Å². The summed E-state index contributed by atoms with van der Waals surface area (Å²) in [5, 5.41) is 10.5. The highest BCUT2D eigenvalue weighted by molar-refractivity contribution is 4.91. The van der Waals surface area contributed by atoms with Crippen LogP contribution in [0.3, 0.4) is 0 Å². The number of aliphatic hydroxyl groups is 1. The lowest BCUT2D eigenvalue weighted by Crippen LogP contribution is -2.43. The van der Waals surface area contributed by atoms with Crippen molar-refractivity contribution in [2.75, 3.05) is 0 Å². The summed E-state index contributed by atoms with van der Waals surface area (Å²) >= 11 is 0. The fourth-order valence-corrected chi connectivity index (χ4v) is 3.11. The zero-order valence-electron chi connectivity index (χ0n) is 10.7. The van der Waals surface area contributed by atoms with Crippen LogP contribution in [0.4, 0.5) is 13.2 Å². The van der Waals surface area contributed by atoms with E-state index in [9.17, 15) is 18.3 Å². The first kappa shape index (κ1) is 14.8. The maximum atomic E-state index is 12.1. The van der Waals surface area contributed by atoms with Crippen LogP contribution in [0.2, 0.25) is 0 Å². The van der Waals surface area contributed by atoms with Crippen molar-refractivity contribution < 1.29 is 18.3 Å². The first-order valence-electron chi connectivity index (χ1n) is 6.54. The summed E-state index contributed by atoms with van der Waals surface area (Å²) in [5.41, 5.74) is -0.863. The Morgan fingerprint density at radius 1 is 1.29 bits per heavy atom. The minimum absolute atomic E-state index is 0.0449. The molecule has 1 rings (SSSR count). The molecule has 2 unspecified atom stereocenters. The van der Waals surface area contributed by atoms with Gasteiger partial charge in [-0.15, -0.1) is 0 Å². The average molecular weight is 252 g/mol. The predicted molar refractivity (Wildman–Crippen MR) is 61.7 cm³/mol. The zero-order valence-corrected chi connectivity index (χ0v) is 10.7. The van der Waals surface area contributed by atoms with Crippen LogP contribution in [0.15, 0.2) is 0 Å². The summed E-state index contributed by atoms with van der Waals surface area (Å²) in [6.45, 7) is 4.09. The standard InChI is InChI=1S/C13H23F3O/c1-10(2)11-6-3-4-7-12(11,17)8-5-9-13(14,15)16/h10-11,17H,3-9H2,1-2H3. The van der Waals surface area contributed by atoms with Gasteiger partial charge in [0.05, 0.1) is 5.60 Å². The van der Waals surface area contributed by atoms with E-state index in [0.717, 1.165) is 19.3 Å². The van der Waals surface area contributed by atoms with Gasteiger partial charge in [0.1, 0.15) is 0 Å². The molecule has 1 aliphatic carbocycles. The minimum Gasteiger partial charge on any atom is -0.390 e. The molecule has 1 saturated carbocycles. The van der Waals surface area contributed by atoms with Crippen molar-refractivity contribution in [3.8, 4) is 0 Å². The van der Waals surface area contributed by atoms with Crippen molar-refractivity contribution >= 4 is 0 Å². The van der Waals surface area contributed by atoms with Gasteiger partial charge in [-0.2, -0.15) is 13.2 Å². The Hall–Kier alpha value is -0.250. The Balaban J connectivity index is 2.52. The van der Waals surface area contributed by atoms with E-state index in [1.807, 2.05) is 13.8 Å². The van der Waals surface area contributed by atoms with Gasteiger partial charge in [-0.25, -0.2) is 0 Å². The van der Waals surface area contributed by atoms with Gasteiger partial charge in [0.25, 0.3) is 0 Å². The maximum absolute atomic E-state index is 12.1. The number of rotatable bonds is 4. The minimum atomic E-state index is -4.10. The topological polar surface area (TPSA) is 20.2 Å². The summed E-state index contributed by atoms with van der Waals surface area (Å²) in [6, 6.07) is 0. The van der Waals surface area contributed by atoms with E-state index in [1.54, 1.807) is 0 Å². The Morgan fingerprint density at radius 3 is 2.47 bits per heavy atom. The Bertz CT molecular complexity index is 237.